The summed E-state index contributed by atoms with van der Waals surface area (Å²) in [6, 6.07) is 25.2. The lowest BCUT2D eigenvalue weighted by molar-refractivity contribution is -0.128. The number of carbonyl (C=O) groups is 1. The van der Waals surface area contributed by atoms with Crippen LogP contribution in [0, 0.1) is 0 Å². The standard InChI is InChI=1S/C26H26N2O3S/c29-26-11-6-17-28(26)20-22-12-14-23(15-13-22)25-10-5-4-9-24(25)19-27-32(30,31)18-16-21-7-2-1-3-8-21/h1-5,7-10,12-16,18,27H,6,11,17,19-20H2/b18-16+. The molecule has 4 rings (SSSR count). The molecule has 164 valence electrons. The molecule has 0 aliphatic carbocycles. The van der Waals surface area contributed by atoms with Crippen LogP contribution in [0.25, 0.3) is 17.2 Å². The minimum absolute atomic E-state index is 0.196. The Bertz CT molecular complexity index is 1200. The number of hydrogen-bond acceptors (Lipinski definition) is 3. The van der Waals surface area contributed by atoms with Crippen LogP contribution in [-0.4, -0.2) is 25.8 Å². The van der Waals surface area contributed by atoms with Crippen LogP contribution in [0.2, 0.25) is 0 Å². The number of nitrogens with one attached hydrogen (secondary N) is 1. The highest BCUT2D eigenvalue weighted by molar-refractivity contribution is 7.92. The summed E-state index contributed by atoms with van der Waals surface area (Å²) >= 11 is 0. The van der Waals surface area contributed by atoms with E-state index >= 15 is 0 Å². The summed E-state index contributed by atoms with van der Waals surface area (Å²) in [6.45, 7) is 1.65. The van der Waals surface area contributed by atoms with Crippen LogP contribution in [0.5, 0.6) is 0 Å². The summed E-state index contributed by atoms with van der Waals surface area (Å²) in [5.74, 6) is 0.216. The van der Waals surface area contributed by atoms with Gasteiger partial charge in [-0.3, -0.25) is 4.79 Å². The number of amides is 1. The molecule has 1 heterocycles. The van der Waals surface area contributed by atoms with Crippen molar-refractivity contribution in [1.82, 2.24) is 9.62 Å². The highest BCUT2D eigenvalue weighted by Crippen LogP contribution is 2.25. The number of nitrogens with zero attached hydrogens (tertiary/aromatic N) is 1. The number of rotatable bonds is 8. The van der Waals surface area contributed by atoms with E-state index in [4.69, 9.17) is 0 Å². The van der Waals surface area contributed by atoms with Crippen molar-refractivity contribution in [3.63, 3.8) is 0 Å². The first-order valence-corrected chi connectivity index (χ1v) is 12.2. The summed E-state index contributed by atoms with van der Waals surface area (Å²) in [4.78, 5) is 13.7. The Morgan fingerprint density at radius 1 is 0.906 bits per heavy atom. The van der Waals surface area contributed by atoms with Gasteiger partial charge in [0.25, 0.3) is 0 Å². The molecule has 1 saturated heterocycles. The summed E-state index contributed by atoms with van der Waals surface area (Å²) < 4.78 is 27.5. The Balaban J connectivity index is 1.44. The van der Waals surface area contributed by atoms with Crippen LogP contribution in [-0.2, 0) is 27.9 Å². The van der Waals surface area contributed by atoms with E-state index in [9.17, 15) is 13.2 Å². The van der Waals surface area contributed by atoms with Gasteiger partial charge in [-0.15, -0.1) is 0 Å². The third kappa shape index (κ3) is 5.72. The lowest BCUT2D eigenvalue weighted by Crippen LogP contribution is -2.23. The molecule has 1 fully saturated rings. The van der Waals surface area contributed by atoms with Crippen molar-refractivity contribution >= 4 is 22.0 Å². The zero-order valence-corrected chi connectivity index (χ0v) is 18.6. The first-order valence-electron chi connectivity index (χ1n) is 10.7. The second-order valence-electron chi connectivity index (χ2n) is 7.85. The van der Waals surface area contributed by atoms with Crippen LogP contribution in [0.1, 0.15) is 29.5 Å². The van der Waals surface area contributed by atoms with E-state index in [0.29, 0.717) is 13.0 Å². The van der Waals surface area contributed by atoms with Crippen LogP contribution < -0.4 is 4.72 Å². The molecule has 0 bridgehead atoms. The fourth-order valence-corrected chi connectivity index (χ4v) is 4.59. The Morgan fingerprint density at radius 2 is 1.62 bits per heavy atom. The van der Waals surface area contributed by atoms with Gasteiger partial charge in [0.1, 0.15) is 0 Å². The minimum atomic E-state index is -3.57. The zero-order chi connectivity index (χ0) is 22.4. The van der Waals surface area contributed by atoms with Crippen molar-refractivity contribution in [3.8, 4) is 11.1 Å². The van der Waals surface area contributed by atoms with E-state index in [1.165, 1.54) is 5.41 Å². The van der Waals surface area contributed by atoms with Crippen molar-refractivity contribution in [2.24, 2.45) is 0 Å². The van der Waals surface area contributed by atoms with Crippen molar-refractivity contribution in [1.29, 1.82) is 0 Å². The molecule has 5 nitrogen and oxygen atoms in total. The lowest BCUT2D eigenvalue weighted by Gasteiger charge is -2.16. The molecule has 1 amide bonds. The maximum atomic E-state index is 12.4. The van der Waals surface area contributed by atoms with Gasteiger partial charge < -0.3 is 4.90 Å². The molecule has 1 aliphatic heterocycles. The van der Waals surface area contributed by atoms with E-state index in [0.717, 1.165) is 40.8 Å². The number of likely N-dealkylation sites (tertiary alicyclic amines) is 1. The van der Waals surface area contributed by atoms with E-state index in [1.807, 2.05) is 83.8 Å². The molecule has 0 radical (unpaired) electrons. The molecule has 32 heavy (non-hydrogen) atoms. The Morgan fingerprint density at radius 3 is 2.34 bits per heavy atom. The summed E-state index contributed by atoms with van der Waals surface area (Å²) in [6.07, 6.45) is 3.15. The summed E-state index contributed by atoms with van der Waals surface area (Å²) in [5.41, 5.74) is 4.80. The Kier molecular flexibility index (Phi) is 6.83. The minimum Gasteiger partial charge on any atom is -0.338 e. The van der Waals surface area contributed by atoms with Gasteiger partial charge in [0, 0.05) is 31.5 Å². The van der Waals surface area contributed by atoms with Gasteiger partial charge >= 0.3 is 0 Å². The van der Waals surface area contributed by atoms with Gasteiger partial charge in [-0.2, -0.15) is 0 Å². The maximum absolute atomic E-state index is 12.4. The molecule has 0 spiro atoms. The number of hydrogen-bond donors (Lipinski definition) is 1. The molecule has 0 atom stereocenters. The normalized spacial score (nSPS) is 14.4. The van der Waals surface area contributed by atoms with Crippen molar-refractivity contribution in [2.75, 3.05) is 6.54 Å². The molecule has 1 N–H and O–H groups in total. The Hall–Kier alpha value is -3.22. The van der Waals surface area contributed by atoms with Crippen LogP contribution in [0.4, 0.5) is 0 Å². The second-order valence-corrected chi connectivity index (χ2v) is 9.50. The first-order chi connectivity index (χ1) is 15.5. The lowest BCUT2D eigenvalue weighted by atomic mass is 9.98. The third-order valence-electron chi connectivity index (χ3n) is 5.53. The van der Waals surface area contributed by atoms with E-state index < -0.39 is 10.0 Å². The van der Waals surface area contributed by atoms with Crippen molar-refractivity contribution in [2.45, 2.75) is 25.9 Å². The molecule has 1 aliphatic rings. The monoisotopic (exact) mass is 446 g/mol. The fraction of sp³-hybridized carbons (Fsp3) is 0.192. The first kappa shape index (κ1) is 22.0. The molecule has 6 heteroatoms. The summed E-state index contributed by atoms with van der Waals surface area (Å²) in [7, 11) is -3.57. The molecule has 0 aromatic heterocycles. The number of sulfonamides is 1. The SMILES string of the molecule is O=C1CCCN1Cc1ccc(-c2ccccc2CNS(=O)(=O)/C=C/c2ccccc2)cc1. The number of carbonyl (C=O) groups excluding carboxylic acids is 1. The van der Waals surface area contributed by atoms with Gasteiger partial charge in [0.15, 0.2) is 0 Å². The average molecular weight is 447 g/mol. The van der Waals surface area contributed by atoms with Crippen LogP contribution in [0.3, 0.4) is 0 Å². The molecule has 0 saturated carbocycles. The molecular weight excluding hydrogens is 420 g/mol. The topological polar surface area (TPSA) is 66.5 Å². The quantitative estimate of drug-likeness (QED) is 0.551. The van der Waals surface area contributed by atoms with Gasteiger partial charge in [0.05, 0.1) is 0 Å². The number of benzene rings is 3. The van der Waals surface area contributed by atoms with E-state index in [-0.39, 0.29) is 12.5 Å². The smallest absolute Gasteiger partial charge is 0.234 e. The maximum Gasteiger partial charge on any atom is 0.234 e. The van der Waals surface area contributed by atoms with Crippen molar-refractivity contribution < 1.29 is 13.2 Å². The Labute approximate surface area is 189 Å². The second kappa shape index (κ2) is 9.94. The van der Waals surface area contributed by atoms with Crippen molar-refractivity contribution in [3.05, 3.63) is 101 Å². The highest BCUT2D eigenvalue weighted by Gasteiger charge is 2.20. The molecule has 3 aromatic rings. The summed E-state index contributed by atoms with van der Waals surface area (Å²) in [5, 5.41) is 1.19. The highest BCUT2D eigenvalue weighted by atomic mass is 32.2. The van der Waals surface area contributed by atoms with Gasteiger partial charge in [-0.1, -0.05) is 78.9 Å². The third-order valence-corrected chi connectivity index (χ3v) is 6.57. The van der Waals surface area contributed by atoms with E-state index in [1.54, 1.807) is 6.08 Å². The largest absolute Gasteiger partial charge is 0.338 e. The van der Waals surface area contributed by atoms with Crippen LogP contribution in [0.15, 0.2) is 84.3 Å². The predicted octanol–water partition coefficient (Wildman–Crippen LogP) is 4.57. The molecular formula is C26H26N2O3S. The van der Waals surface area contributed by atoms with E-state index in [2.05, 4.69) is 4.72 Å². The zero-order valence-electron chi connectivity index (χ0n) is 17.8. The van der Waals surface area contributed by atoms with Gasteiger partial charge in [0.2, 0.25) is 15.9 Å². The van der Waals surface area contributed by atoms with Gasteiger partial charge in [-0.05, 0) is 40.3 Å². The molecule has 3 aromatic carbocycles. The van der Waals surface area contributed by atoms with Gasteiger partial charge in [-0.25, -0.2) is 13.1 Å². The predicted molar refractivity (Wildman–Crippen MR) is 128 cm³/mol. The molecule has 0 unspecified atom stereocenters. The average Bonchev–Trinajstić information content (AvgIpc) is 3.22. The van der Waals surface area contributed by atoms with Crippen LogP contribution >= 0.6 is 0 Å². The fourth-order valence-electron chi connectivity index (χ4n) is 3.80.